The Hall–Kier alpha value is -0.670. The molecule has 0 amide bonds. The highest BCUT2D eigenvalue weighted by atomic mass is 19.3. The number of carboxylic acid groups (broad SMARTS) is 1. The van der Waals surface area contributed by atoms with Crippen LogP contribution in [0.15, 0.2) is 0 Å². The van der Waals surface area contributed by atoms with Crippen LogP contribution >= 0.6 is 0 Å². The molecule has 0 aliphatic heterocycles. The monoisotopic (exact) mass is 164 g/mol. The number of alkyl halides is 2. The lowest BCUT2D eigenvalue weighted by atomic mass is 9.87. The standard InChI is InChI=1S/C7H10F2O2/c8-7(9)3-1-2-5(4-7)6(10)11/h5H,1-4H2,(H,10,11)/t5-/m0/s1. The highest BCUT2D eigenvalue weighted by Crippen LogP contribution is 2.36. The second kappa shape index (κ2) is 2.75. The fraction of sp³-hybridized carbons (Fsp3) is 0.857. The molecule has 1 aliphatic rings. The zero-order valence-corrected chi connectivity index (χ0v) is 6.02. The summed E-state index contributed by atoms with van der Waals surface area (Å²) in [6.07, 6.45) is 0.0774. The van der Waals surface area contributed by atoms with Crippen molar-refractivity contribution in [3.05, 3.63) is 0 Å². The van der Waals surface area contributed by atoms with Gasteiger partial charge in [-0.3, -0.25) is 4.79 Å². The van der Waals surface area contributed by atoms with E-state index in [0.717, 1.165) is 0 Å². The van der Waals surface area contributed by atoms with Gasteiger partial charge >= 0.3 is 5.97 Å². The lowest BCUT2D eigenvalue weighted by molar-refractivity contribution is -0.148. The van der Waals surface area contributed by atoms with Crippen molar-refractivity contribution in [2.45, 2.75) is 31.6 Å². The molecule has 0 spiro atoms. The van der Waals surface area contributed by atoms with Gasteiger partial charge in [-0.25, -0.2) is 8.78 Å². The zero-order chi connectivity index (χ0) is 8.48. The van der Waals surface area contributed by atoms with Crippen molar-refractivity contribution in [1.29, 1.82) is 0 Å². The van der Waals surface area contributed by atoms with Gasteiger partial charge in [0.15, 0.2) is 0 Å². The molecular weight excluding hydrogens is 154 g/mol. The first-order chi connectivity index (χ1) is 5.01. The van der Waals surface area contributed by atoms with Crippen LogP contribution in [-0.2, 0) is 4.79 Å². The Morgan fingerprint density at radius 1 is 1.55 bits per heavy atom. The average Bonchev–Trinajstić information content (AvgIpc) is 1.85. The van der Waals surface area contributed by atoms with E-state index in [9.17, 15) is 13.6 Å². The molecule has 1 rings (SSSR count). The molecule has 1 fully saturated rings. The summed E-state index contributed by atoms with van der Waals surface area (Å²) in [7, 11) is 0. The number of halogens is 2. The molecule has 11 heavy (non-hydrogen) atoms. The lowest BCUT2D eigenvalue weighted by Crippen LogP contribution is -2.30. The van der Waals surface area contributed by atoms with E-state index < -0.39 is 24.2 Å². The Balaban J connectivity index is 2.53. The topological polar surface area (TPSA) is 37.3 Å². The number of carbonyl (C=O) groups is 1. The first-order valence-electron chi connectivity index (χ1n) is 3.62. The molecule has 2 nitrogen and oxygen atoms in total. The highest BCUT2D eigenvalue weighted by Gasteiger charge is 2.38. The molecule has 0 bridgehead atoms. The van der Waals surface area contributed by atoms with Crippen LogP contribution in [0.5, 0.6) is 0 Å². The summed E-state index contributed by atoms with van der Waals surface area (Å²) in [5.74, 6) is -4.68. The van der Waals surface area contributed by atoms with Crippen LogP contribution in [0.2, 0.25) is 0 Å². The van der Waals surface area contributed by atoms with Gasteiger partial charge in [-0.1, -0.05) is 0 Å². The molecule has 4 heteroatoms. The van der Waals surface area contributed by atoms with Crippen LogP contribution < -0.4 is 0 Å². The maximum atomic E-state index is 12.6. The van der Waals surface area contributed by atoms with Gasteiger partial charge < -0.3 is 5.11 Å². The van der Waals surface area contributed by atoms with Gasteiger partial charge in [0.05, 0.1) is 5.92 Å². The summed E-state index contributed by atoms with van der Waals surface area (Å²) < 4.78 is 25.1. The molecule has 0 radical (unpaired) electrons. The third-order valence-corrected chi connectivity index (χ3v) is 1.99. The summed E-state index contributed by atoms with van der Waals surface area (Å²) in [5.41, 5.74) is 0. The Labute approximate surface area is 63.2 Å². The van der Waals surface area contributed by atoms with Gasteiger partial charge in [0, 0.05) is 12.8 Å². The smallest absolute Gasteiger partial charge is 0.306 e. The summed E-state index contributed by atoms with van der Waals surface area (Å²) in [5, 5.41) is 8.44. The predicted molar refractivity (Wildman–Crippen MR) is 34.5 cm³/mol. The van der Waals surface area contributed by atoms with Gasteiger partial charge in [0.25, 0.3) is 0 Å². The third-order valence-electron chi connectivity index (χ3n) is 1.99. The van der Waals surface area contributed by atoms with E-state index in [1.165, 1.54) is 0 Å². The van der Waals surface area contributed by atoms with Gasteiger partial charge in [0.1, 0.15) is 0 Å². The number of hydrogen-bond donors (Lipinski definition) is 1. The summed E-state index contributed by atoms with van der Waals surface area (Å²) in [6.45, 7) is 0. The Bertz CT molecular complexity index is 168. The fourth-order valence-corrected chi connectivity index (χ4v) is 1.38. The van der Waals surface area contributed by atoms with E-state index in [4.69, 9.17) is 5.11 Å². The van der Waals surface area contributed by atoms with E-state index >= 15 is 0 Å². The Kier molecular flexibility index (Phi) is 2.11. The lowest BCUT2D eigenvalue weighted by Gasteiger charge is -2.25. The highest BCUT2D eigenvalue weighted by molar-refractivity contribution is 5.70. The molecular formula is C7H10F2O2. The van der Waals surface area contributed by atoms with Gasteiger partial charge in [-0.05, 0) is 12.8 Å². The third kappa shape index (κ3) is 2.13. The minimum absolute atomic E-state index is 0.156. The van der Waals surface area contributed by atoms with Crippen molar-refractivity contribution in [1.82, 2.24) is 0 Å². The van der Waals surface area contributed by atoms with E-state index in [-0.39, 0.29) is 6.42 Å². The van der Waals surface area contributed by atoms with Gasteiger partial charge in [0.2, 0.25) is 5.92 Å². The van der Waals surface area contributed by atoms with E-state index in [0.29, 0.717) is 12.8 Å². The van der Waals surface area contributed by atoms with Gasteiger partial charge in [-0.2, -0.15) is 0 Å². The van der Waals surface area contributed by atoms with Crippen molar-refractivity contribution < 1.29 is 18.7 Å². The molecule has 1 N–H and O–H groups in total. The van der Waals surface area contributed by atoms with Crippen LogP contribution in [0.3, 0.4) is 0 Å². The summed E-state index contributed by atoms with van der Waals surface area (Å²) >= 11 is 0. The Morgan fingerprint density at radius 2 is 2.18 bits per heavy atom. The second-order valence-corrected chi connectivity index (χ2v) is 2.99. The number of hydrogen-bond acceptors (Lipinski definition) is 1. The molecule has 64 valence electrons. The van der Waals surface area contributed by atoms with Crippen LogP contribution in [0.1, 0.15) is 25.7 Å². The first kappa shape index (κ1) is 8.43. The normalized spacial score (nSPS) is 29.8. The molecule has 0 unspecified atom stereocenters. The summed E-state index contributed by atoms with van der Waals surface area (Å²) in [4.78, 5) is 10.3. The molecule has 1 aliphatic carbocycles. The summed E-state index contributed by atoms with van der Waals surface area (Å²) in [6, 6.07) is 0. The molecule has 0 aromatic carbocycles. The SMILES string of the molecule is O=C(O)[C@H]1CCCC(F)(F)C1. The van der Waals surface area contributed by atoms with Crippen molar-refractivity contribution >= 4 is 5.97 Å². The molecule has 0 saturated heterocycles. The van der Waals surface area contributed by atoms with Crippen LogP contribution in [0.25, 0.3) is 0 Å². The zero-order valence-electron chi connectivity index (χ0n) is 6.02. The van der Waals surface area contributed by atoms with Crippen molar-refractivity contribution in [2.75, 3.05) is 0 Å². The number of rotatable bonds is 1. The largest absolute Gasteiger partial charge is 0.481 e. The quantitative estimate of drug-likeness (QED) is 0.642. The minimum Gasteiger partial charge on any atom is -0.481 e. The average molecular weight is 164 g/mol. The van der Waals surface area contributed by atoms with E-state index in [2.05, 4.69) is 0 Å². The predicted octanol–water partition coefficient (Wildman–Crippen LogP) is 1.90. The number of carboxylic acids is 1. The van der Waals surface area contributed by atoms with Crippen molar-refractivity contribution in [2.24, 2.45) is 5.92 Å². The van der Waals surface area contributed by atoms with Crippen LogP contribution in [0, 0.1) is 5.92 Å². The molecule has 0 aromatic rings. The number of aliphatic carboxylic acids is 1. The molecule has 1 saturated carbocycles. The minimum atomic E-state index is -2.75. The van der Waals surface area contributed by atoms with Crippen molar-refractivity contribution in [3.8, 4) is 0 Å². The van der Waals surface area contributed by atoms with E-state index in [1.54, 1.807) is 0 Å². The Morgan fingerprint density at radius 3 is 2.55 bits per heavy atom. The maximum Gasteiger partial charge on any atom is 0.306 e. The maximum absolute atomic E-state index is 12.6. The first-order valence-corrected chi connectivity index (χ1v) is 3.62. The van der Waals surface area contributed by atoms with E-state index in [1.807, 2.05) is 0 Å². The molecule has 0 heterocycles. The molecule has 1 atom stereocenters. The van der Waals surface area contributed by atoms with Crippen LogP contribution in [0.4, 0.5) is 8.78 Å². The van der Waals surface area contributed by atoms with Crippen LogP contribution in [-0.4, -0.2) is 17.0 Å². The second-order valence-electron chi connectivity index (χ2n) is 2.99. The van der Waals surface area contributed by atoms with Crippen molar-refractivity contribution in [3.63, 3.8) is 0 Å². The van der Waals surface area contributed by atoms with Gasteiger partial charge in [-0.15, -0.1) is 0 Å². The molecule has 0 aromatic heterocycles. The fourth-order valence-electron chi connectivity index (χ4n) is 1.38.